The molecule has 0 saturated heterocycles. The first-order valence-corrected chi connectivity index (χ1v) is 10.0. The second-order valence-corrected chi connectivity index (χ2v) is 7.64. The SMILES string of the molecule is Cc1ccccc1-n1c(-c2c(C)ccc3c2oc2ncccc23)nc2ccccc21. The summed E-state index contributed by atoms with van der Waals surface area (Å²) < 4.78 is 8.51. The Morgan fingerprint density at radius 1 is 0.767 bits per heavy atom. The molecule has 0 aliphatic rings. The lowest BCUT2D eigenvalue weighted by atomic mass is 10.0. The first kappa shape index (κ1) is 17.0. The summed E-state index contributed by atoms with van der Waals surface area (Å²) in [7, 11) is 0. The van der Waals surface area contributed by atoms with Gasteiger partial charge in [-0.2, -0.15) is 0 Å². The fourth-order valence-corrected chi connectivity index (χ4v) is 4.30. The van der Waals surface area contributed by atoms with Gasteiger partial charge in [-0.25, -0.2) is 9.97 Å². The van der Waals surface area contributed by atoms with Crippen molar-refractivity contribution in [2.24, 2.45) is 0 Å². The van der Waals surface area contributed by atoms with Gasteiger partial charge >= 0.3 is 0 Å². The quantitative estimate of drug-likeness (QED) is 0.335. The topological polar surface area (TPSA) is 43.9 Å². The van der Waals surface area contributed by atoms with Gasteiger partial charge in [0.25, 0.3) is 0 Å². The molecule has 0 bridgehead atoms. The molecule has 144 valence electrons. The van der Waals surface area contributed by atoms with E-state index in [1.165, 1.54) is 5.56 Å². The van der Waals surface area contributed by atoms with Crippen LogP contribution in [0.2, 0.25) is 0 Å². The fourth-order valence-electron chi connectivity index (χ4n) is 4.30. The van der Waals surface area contributed by atoms with Gasteiger partial charge in [-0.3, -0.25) is 4.57 Å². The van der Waals surface area contributed by atoms with Gasteiger partial charge in [0, 0.05) is 17.0 Å². The van der Waals surface area contributed by atoms with Crippen LogP contribution < -0.4 is 0 Å². The first-order valence-electron chi connectivity index (χ1n) is 10.0. The zero-order valence-corrected chi connectivity index (χ0v) is 16.8. The largest absolute Gasteiger partial charge is 0.437 e. The molecule has 3 aromatic carbocycles. The summed E-state index contributed by atoms with van der Waals surface area (Å²) in [5.74, 6) is 0.882. The van der Waals surface area contributed by atoms with E-state index < -0.39 is 0 Å². The van der Waals surface area contributed by atoms with Crippen LogP contribution in [0.1, 0.15) is 11.1 Å². The number of hydrogen-bond acceptors (Lipinski definition) is 3. The molecule has 0 N–H and O–H groups in total. The molecule has 0 atom stereocenters. The Kier molecular flexibility index (Phi) is 3.56. The highest BCUT2D eigenvalue weighted by Gasteiger charge is 2.22. The van der Waals surface area contributed by atoms with Crippen LogP contribution in [0.3, 0.4) is 0 Å². The molecule has 0 aliphatic heterocycles. The number of pyridine rings is 1. The minimum atomic E-state index is 0.651. The van der Waals surface area contributed by atoms with Crippen LogP contribution in [0.5, 0.6) is 0 Å². The van der Waals surface area contributed by atoms with Crippen molar-refractivity contribution in [3.8, 4) is 17.1 Å². The average molecular weight is 389 g/mol. The van der Waals surface area contributed by atoms with Crippen LogP contribution >= 0.6 is 0 Å². The summed E-state index contributed by atoms with van der Waals surface area (Å²) in [6, 6.07) is 24.9. The molecule has 0 radical (unpaired) electrons. The van der Waals surface area contributed by atoms with Gasteiger partial charge in [0.1, 0.15) is 11.4 Å². The minimum Gasteiger partial charge on any atom is -0.437 e. The first-order chi connectivity index (χ1) is 14.7. The normalized spacial score (nSPS) is 11.7. The molecule has 0 spiro atoms. The van der Waals surface area contributed by atoms with E-state index in [-0.39, 0.29) is 0 Å². The Morgan fingerprint density at radius 3 is 2.50 bits per heavy atom. The second kappa shape index (κ2) is 6.29. The van der Waals surface area contributed by atoms with E-state index >= 15 is 0 Å². The predicted molar refractivity (Wildman–Crippen MR) is 121 cm³/mol. The van der Waals surface area contributed by atoms with Crippen LogP contribution in [0, 0.1) is 13.8 Å². The number of furan rings is 1. The smallest absolute Gasteiger partial charge is 0.227 e. The molecule has 0 unspecified atom stereocenters. The molecule has 4 heteroatoms. The Labute approximate surface area is 173 Å². The lowest BCUT2D eigenvalue weighted by molar-refractivity contribution is 0.654. The van der Waals surface area contributed by atoms with Crippen molar-refractivity contribution < 1.29 is 4.42 Å². The Balaban J connectivity index is 1.79. The van der Waals surface area contributed by atoms with E-state index in [4.69, 9.17) is 9.40 Å². The highest BCUT2D eigenvalue weighted by atomic mass is 16.3. The maximum atomic E-state index is 6.27. The molecule has 0 fully saturated rings. The van der Waals surface area contributed by atoms with Crippen molar-refractivity contribution in [1.82, 2.24) is 14.5 Å². The number of fused-ring (bicyclic) bond motifs is 4. The summed E-state index contributed by atoms with van der Waals surface area (Å²) in [6.07, 6.45) is 1.76. The lowest BCUT2D eigenvalue weighted by Gasteiger charge is -2.14. The van der Waals surface area contributed by atoms with Crippen molar-refractivity contribution >= 4 is 33.1 Å². The lowest BCUT2D eigenvalue weighted by Crippen LogP contribution is -2.01. The van der Waals surface area contributed by atoms with Crippen molar-refractivity contribution in [1.29, 1.82) is 0 Å². The van der Waals surface area contributed by atoms with E-state index in [2.05, 4.69) is 84.1 Å². The van der Waals surface area contributed by atoms with Crippen molar-refractivity contribution in [3.63, 3.8) is 0 Å². The van der Waals surface area contributed by atoms with E-state index in [1.807, 2.05) is 12.1 Å². The summed E-state index contributed by atoms with van der Waals surface area (Å²) in [4.78, 5) is 9.49. The number of imidazole rings is 1. The summed E-state index contributed by atoms with van der Waals surface area (Å²) in [6.45, 7) is 4.24. The third kappa shape index (κ3) is 2.34. The molecule has 3 heterocycles. The van der Waals surface area contributed by atoms with Crippen molar-refractivity contribution in [2.75, 3.05) is 0 Å². The molecule has 30 heavy (non-hydrogen) atoms. The van der Waals surface area contributed by atoms with Crippen LogP contribution in [0.15, 0.2) is 83.4 Å². The number of rotatable bonds is 2. The number of hydrogen-bond donors (Lipinski definition) is 0. The van der Waals surface area contributed by atoms with E-state index in [1.54, 1.807) is 6.20 Å². The van der Waals surface area contributed by atoms with E-state index in [0.717, 1.165) is 50.0 Å². The number of aryl methyl sites for hydroxylation is 2. The van der Waals surface area contributed by atoms with Gasteiger partial charge in [0.2, 0.25) is 5.71 Å². The summed E-state index contributed by atoms with van der Waals surface area (Å²) in [5, 5.41) is 2.08. The van der Waals surface area contributed by atoms with Crippen LogP contribution in [-0.4, -0.2) is 14.5 Å². The van der Waals surface area contributed by atoms with Crippen LogP contribution in [-0.2, 0) is 0 Å². The van der Waals surface area contributed by atoms with Gasteiger partial charge in [-0.15, -0.1) is 0 Å². The number of para-hydroxylation sites is 3. The third-order valence-electron chi connectivity index (χ3n) is 5.77. The van der Waals surface area contributed by atoms with Gasteiger partial charge in [-0.1, -0.05) is 42.5 Å². The summed E-state index contributed by atoms with van der Waals surface area (Å²) in [5.41, 5.74) is 7.95. The monoisotopic (exact) mass is 389 g/mol. The second-order valence-electron chi connectivity index (χ2n) is 7.64. The van der Waals surface area contributed by atoms with E-state index in [0.29, 0.717) is 5.71 Å². The maximum absolute atomic E-state index is 6.27. The predicted octanol–water partition coefficient (Wildman–Crippen LogP) is 6.60. The Hall–Kier alpha value is -3.92. The molecule has 0 amide bonds. The molecular formula is C26H19N3O. The van der Waals surface area contributed by atoms with Gasteiger partial charge < -0.3 is 4.42 Å². The molecule has 6 rings (SSSR count). The Morgan fingerprint density at radius 2 is 1.60 bits per heavy atom. The standard InChI is InChI=1S/C26H19N3O/c1-16-8-3-5-11-21(16)29-22-12-6-4-10-20(22)28-25(29)23-17(2)13-14-18-19-9-7-15-27-26(19)30-24(18)23/h3-15H,1-2H3. The molecule has 0 saturated carbocycles. The maximum Gasteiger partial charge on any atom is 0.227 e. The fraction of sp³-hybridized carbons (Fsp3) is 0.0769. The van der Waals surface area contributed by atoms with Crippen LogP contribution in [0.25, 0.3) is 50.2 Å². The Bertz CT molecular complexity index is 1570. The summed E-state index contributed by atoms with van der Waals surface area (Å²) >= 11 is 0. The minimum absolute atomic E-state index is 0.651. The van der Waals surface area contributed by atoms with E-state index in [9.17, 15) is 0 Å². The zero-order valence-electron chi connectivity index (χ0n) is 16.8. The molecular weight excluding hydrogens is 370 g/mol. The average Bonchev–Trinajstić information content (AvgIpc) is 3.32. The number of aromatic nitrogens is 3. The van der Waals surface area contributed by atoms with Crippen molar-refractivity contribution in [3.05, 3.63) is 90.1 Å². The van der Waals surface area contributed by atoms with Gasteiger partial charge in [0.05, 0.1) is 22.3 Å². The number of benzene rings is 3. The molecule has 4 nitrogen and oxygen atoms in total. The number of nitrogens with zero attached hydrogens (tertiary/aromatic N) is 3. The van der Waals surface area contributed by atoms with Gasteiger partial charge in [-0.05, 0) is 55.3 Å². The molecule has 3 aromatic heterocycles. The third-order valence-corrected chi connectivity index (χ3v) is 5.77. The highest BCUT2D eigenvalue weighted by Crippen LogP contribution is 2.39. The highest BCUT2D eigenvalue weighted by molar-refractivity contribution is 6.09. The van der Waals surface area contributed by atoms with Gasteiger partial charge in [0.15, 0.2) is 0 Å². The molecule has 0 aliphatic carbocycles. The zero-order chi connectivity index (χ0) is 20.2. The van der Waals surface area contributed by atoms with Crippen LogP contribution in [0.4, 0.5) is 0 Å². The molecule has 6 aromatic rings. The van der Waals surface area contributed by atoms with Crippen molar-refractivity contribution in [2.45, 2.75) is 13.8 Å².